The van der Waals surface area contributed by atoms with Crippen molar-refractivity contribution in [2.24, 2.45) is 0 Å². The molecule has 2 aromatic carbocycles. The third kappa shape index (κ3) is 3.82. The molecular formula is C16H17N3O3. The van der Waals surface area contributed by atoms with Crippen LogP contribution in [0.5, 0.6) is 0 Å². The molecule has 0 spiro atoms. The van der Waals surface area contributed by atoms with Crippen LogP contribution in [-0.2, 0) is 0 Å². The quantitative estimate of drug-likeness (QED) is 0.523. The van der Waals surface area contributed by atoms with Crippen LogP contribution in [0.25, 0.3) is 0 Å². The van der Waals surface area contributed by atoms with Gasteiger partial charge in [-0.2, -0.15) is 0 Å². The lowest BCUT2D eigenvalue weighted by molar-refractivity contribution is -0.384. The number of nitrogens with zero attached hydrogens (tertiary/aromatic N) is 2. The van der Waals surface area contributed by atoms with Gasteiger partial charge in [-0.25, -0.2) is 0 Å². The predicted molar refractivity (Wildman–Crippen MR) is 85.0 cm³/mol. The summed E-state index contributed by atoms with van der Waals surface area (Å²) < 4.78 is 0. The van der Waals surface area contributed by atoms with Gasteiger partial charge in [-0.05, 0) is 31.2 Å². The van der Waals surface area contributed by atoms with Crippen LogP contribution in [0.4, 0.5) is 11.4 Å². The Hall–Kier alpha value is -2.89. The molecule has 6 nitrogen and oxygen atoms in total. The van der Waals surface area contributed by atoms with Gasteiger partial charge >= 0.3 is 0 Å². The monoisotopic (exact) mass is 299 g/mol. The molecule has 0 aliphatic rings. The van der Waals surface area contributed by atoms with Crippen LogP contribution >= 0.6 is 0 Å². The van der Waals surface area contributed by atoms with Crippen molar-refractivity contribution in [2.45, 2.75) is 6.92 Å². The third-order valence-electron chi connectivity index (χ3n) is 3.29. The molecule has 0 radical (unpaired) electrons. The molecule has 0 bridgehead atoms. The number of hydrogen-bond donors (Lipinski definition) is 1. The van der Waals surface area contributed by atoms with Gasteiger partial charge in [0.25, 0.3) is 11.6 Å². The minimum Gasteiger partial charge on any atom is -0.357 e. The summed E-state index contributed by atoms with van der Waals surface area (Å²) in [5, 5.41) is 13.4. The standard InChI is InChI=1S/C16H17N3O3/c1-12-3-7-14(8-4-12)18(2)11-17-16(20)13-5-9-15(10-6-13)19(21)22/h3-10H,11H2,1-2H3,(H,17,20). The van der Waals surface area contributed by atoms with Crippen molar-refractivity contribution < 1.29 is 9.72 Å². The predicted octanol–water partition coefficient (Wildman–Crippen LogP) is 2.73. The van der Waals surface area contributed by atoms with Gasteiger partial charge in [0.2, 0.25) is 0 Å². The van der Waals surface area contributed by atoms with Gasteiger partial charge in [-0.15, -0.1) is 0 Å². The molecule has 0 aliphatic carbocycles. The largest absolute Gasteiger partial charge is 0.357 e. The zero-order valence-corrected chi connectivity index (χ0v) is 12.4. The molecule has 0 unspecified atom stereocenters. The fourth-order valence-corrected chi connectivity index (χ4v) is 1.92. The summed E-state index contributed by atoms with van der Waals surface area (Å²) in [5.74, 6) is -0.270. The first kappa shape index (κ1) is 15.5. The highest BCUT2D eigenvalue weighted by atomic mass is 16.6. The maximum absolute atomic E-state index is 12.0. The van der Waals surface area contributed by atoms with Crippen LogP contribution < -0.4 is 10.2 Å². The van der Waals surface area contributed by atoms with E-state index in [1.807, 2.05) is 43.1 Å². The maximum atomic E-state index is 12.0. The number of amides is 1. The topological polar surface area (TPSA) is 75.5 Å². The summed E-state index contributed by atoms with van der Waals surface area (Å²) >= 11 is 0. The second-order valence-electron chi connectivity index (χ2n) is 5.00. The van der Waals surface area contributed by atoms with Crippen molar-refractivity contribution in [3.63, 3.8) is 0 Å². The van der Waals surface area contributed by atoms with Crippen molar-refractivity contribution >= 4 is 17.3 Å². The molecule has 114 valence electrons. The molecule has 0 saturated heterocycles. The van der Waals surface area contributed by atoms with E-state index in [0.29, 0.717) is 12.2 Å². The molecule has 2 aromatic rings. The van der Waals surface area contributed by atoms with Crippen molar-refractivity contribution in [3.05, 3.63) is 69.8 Å². The number of non-ortho nitro benzene ring substituents is 1. The van der Waals surface area contributed by atoms with E-state index in [4.69, 9.17) is 0 Å². The molecule has 0 atom stereocenters. The summed E-state index contributed by atoms with van der Waals surface area (Å²) in [5.41, 5.74) is 2.53. The fourth-order valence-electron chi connectivity index (χ4n) is 1.92. The second kappa shape index (κ2) is 6.71. The molecule has 6 heteroatoms. The molecule has 0 fully saturated rings. The van der Waals surface area contributed by atoms with Crippen molar-refractivity contribution in [2.75, 3.05) is 18.6 Å². The zero-order valence-electron chi connectivity index (χ0n) is 12.4. The normalized spacial score (nSPS) is 10.1. The minimum atomic E-state index is -0.493. The Morgan fingerprint density at radius 1 is 1.14 bits per heavy atom. The Kier molecular flexibility index (Phi) is 4.73. The van der Waals surface area contributed by atoms with E-state index in [2.05, 4.69) is 5.32 Å². The number of rotatable bonds is 5. The number of nitro benzene ring substituents is 1. The Labute approximate surface area is 128 Å². The number of carbonyl (C=O) groups excluding carboxylic acids is 1. The maximum Gasteiger partial charge on any atom is 0.269 e. The highest BCUT2D eigenvalue weighted by Gasteiger charge is 2.10. The summed E-state index contributed by atoms with van der Waals surface area (Å²) in [7, 11) is 1.88. The van der Waals surface area contributed by atoms with Crippen LogP contribution in [-0.4, -0.2) is 24.5 Å². The Morgan fingerprint density at radius 2 is 1.73 bits per heavy atom. The van der Waals surface area contributed by atoms with E-state index in [9.17, 15) is 14.9 Å². The molecule has 22 heavy (non-hydrogen) atoms. The lowest BCUT2D eigenvalue weighted by atomic mass is 10.2. The fraction of sp³-hybridized carbons (Fsp3) is 0.188. The van der Waals surface area contributed by atoms with Crippen molar-refractivity contribution in [1.29, 1.82) is 0 Å². The average Bonchev–Trinajstić information content (AvgIpc) is 2.53. The summed E-state index contributed by atoms with van der Waals surface area (Å²) in [6.07, 6.45) is 0. The smallest absolute Gasteiger partial charge is 0.269 e. The van der Waals surface area contributed by atoms with Gasteiger partial charge in [0.15, 0.2) is 0 Å². The molecule has 0 heterocycles. The molecular weight excluding hydrogens is 282 g/mol. The first-order valence-corrected chi connectivity index (χ1v) is 6.78. The van der Waals surface area contributed by atoms with Gasteiger partial charge in [-0.1, -0.05) is 17.7 Å². The lowest BCUT2D eigenvalue weighted by Gasteiger charge is -2.20. The highest BCUT2D eigenvalue weighted by molar-refractivity contribution is 5.94. The van der Waals surface area contributed by atoms with E-state index in [1.54, 1.807) is 0 Å². The Balaban J connectivity index is 1.94. The second-order valence-corrected chi connectivity index (χ2v) is 5.00. The van der Waals surface area contributed by atoms with Crippen molar-refractivity contribution in [1.82, 2.24) is 5.32 Å². The van der Waals surface area contributed by atoms with Crippen LogP contribution in [0.3, 0.4) is 0 Å². The summed E-state index contributed by atoms with van der Waals surface area (Å²) in [4.78, 5) is 24.0. The molecule has 0 aliphatic heterocycles. The van der Waals surface area contributed by atoms with Crippen LogP contribution in [0.1, 0.15) is 15.9 Å². The SMILES string of the molecule is Cc1ccc(N(C)CNC(=O)c2ccc([N+](=O)[O-])cc2)cc1. The van der Waals surface area contributed by atoms with Gasteiger partial charge in [0, 0.05) is 30.4 Å². The molecule has 0 aromatic heterocycles. The number of benzene rings is 2. The molecule has 0 saturated carbocycles. The summed E-state index contributed by atoms with van der Waals surface area (Å²) in [6.45, 7) is 2.36. The zero-order chi connectivity index (χ0) is 16.1. The first-order chi connectivity index (χ1) is 10.5. The van der Waals surface area contributed by atoms with Crippen LogP contribution in [0, 0.1) is 17.0 Å². The number of nitrogens with one attached hydrogen (secondary N) is 1. The Morgan fingerprint density at radius 3 is 2.27 bits per heavy atom. The van der Waals surface area contributed by atoms with E-state index in [1.165, 1.54) is 29.8 Å². The van der Waals surface area contributed by atoms with Gasteiger partial charge in [0.1, 0.15) is 0 Å². The number of aryl methyl sites for hydroxylation is 1. The van der Waals surface area contributed by atoms with E-state index >= 15 is 0 Å². The number of nitro groups is 1. The number of anilines is 1. The number of hydrogen-bond acceptors (Lipinski definition) is 4. The van der Waals surface area contributed by atoms with E-state index in [-0.39, 0.29) is 11.6 Å². The van der Waals surface area contributed by atoms with Crippen molar-refractivity contribution in [3.8, 4) is 0 Å². The lowest BCUT2D eigenvalue weighted by Crippen LogP contribution is -2.35. The molecule has 1 amide bonds. The minimum absolute atomic E-state index is 0.0340. The van der Waals surface area contributed by atoms with Gasteiger partial charge in [0.05, 0.1) is 11.6 Å². The highest BCUT2D eigenvalue weighted by Crippen LogP contribution is 2.13. The first-order valence-electron chi connectivity index (χ1n) is 6.78. The van der Waals surface area contributed by atoms with Gasteiger partial charge in [-0.3, -0.25) is 14.9 Å². The van der Waals surface area contributed by atoms with E-state index < -0.39 is 4.92 Å². The average molecular weight is 299 g/mol. The molecule has 2 rings (SSSR count). The van der Waals surface area contributed by atoms with E-state index in [0.717, 1.165) is 5.69 Å². The Bertz CT molecular complexity index is 666. The number of carbonyl (C=O) groups is 1. The van der Waals surface area contributed by atoms with Gasteiger partial charge < -0.3 is 10.2 Å². The summed E-state index contributed by atoms with van der Waals surface area (Å²) in [6, 6.07) is 13.5. The van der Waals surface area contributed by atoms with Crippen LogP contribution in [0.2, 0.25) is 0 Å². The molecule has 1 N–H and O–H groups in total. The van der Waals surface area contributed by atoms with Crippen LogP contribution in [0.15, 0.2) is 48.5 Å². The third-order valence-corrected chi connectivity index (χ3v) is 3.29.